The van der Waals surface area contributed by atoms with E-state index < -0.39 is 14.9 Å². The van der Waals surface area contributed by atoms with Crippen LogP contribution in [-0.2, 0) is 14.8 Å². The molecule has 0 fully saturated rings. The summed E-state index contributed by atoms with van der Waals surface area (Å²) < 4.78 is 32.4. The van der Waals surface area contributed by atoms with Gasteiger partial charge in [0.25, 0.3) is 15.7 Å². The number of rotatable bonds is 6. The number of carbonyl (C=O) groups excluding carboxylic acids is 1. The number of hydrogen-bond donors (Lipinski definition) is 2. The molecule has 0 aromatic heterocycles. The number of nitro benzene ring substituents is 1. The first kappa shape index (κ1) is 18.2. The van der Waals surface area contributed by atoms with E-state index in [9.17, 15) is 23.3 Å². The van der Waals surface area contributed by atoms with Crippen molar-refractivity contribution in [1.82, 2.24) is 0 Å². The maximum atomic E-state index is 12.5. The van der Waals surface area contributed by atoms with Gasteiger partial charge in [0.15, 0.2) is 0 Å². The van der Waals surface area contributed by atoms with Crippen LogP contribution in [0.1, 0.15) is 6.92 Å². The van der Waals surface area contributed by atoms with Crippen LogP contribution in [0.15, 0.2) is 47.4 Å². The third kappa shape index (κ3) is 4.44. The molecule has 0 saturated heterocycles. The predicted molar refractivity (Wildman–Crippen MR) is 91.2 cm³/mol. The Hall–Kier alpha value is -3.14. The van der Waals surface area contributed by atoms with Crippen LogP contribution in [-0.4, -0.2) is 26.4 Å². The maximum absolute atomic E-state index is 12.5. The van der Waals surface area contributed by atoms with E-state index in [0.717, 1.165) is 18.2 Å². The third-order valence-corrected chi connectivity index (χ3v) is 4.50. The Labute approximate surface area is 143 Å². The summed E-state index contributed by atoms with van der Waals surface area (Å²) >= 11 is 0. The molecule has 0 radical (unpaired) electrons. The van der Waals surface area contributed by atoms with Gasteiger partial charge in [0, 0.05) is 18.7 Å². The molecular weight excluding hydrogens is 350 g/mol. The molecule has 1 amide bonds. The number of ether oxygens (including phenoxy) is 1. The number of amides is 1. The molecule has 2 N–H and O–H groups in total. The molecule has 0 spiro atoms. The van der Waals surface area contributed by atoms with Crippen LogP contribution >= 0.6 is 0 Å². The molecule has 0 bridgehead atoms. The van der Waals surface area contributed by atoms with Gasteiger partial charge >= 0.3 is 0 Å². The predicted octanol–water partition coefficient (Wildman–Crippen LogP) is 2.36. The molecule has 0 saturated carbocycles. The second-order valence-corrected chi connectivity index (χ2v) is 6.61. The van der Waals surface area contributed by atoms with Crippen molar-refractivity contribution in [1.29, 1.82) is 0 Å². The SMILES string of the molecule is COc1cc([N+](=O)[O-])ccc1S(=O)(=O)Nc1cccc(NC(C)=O)c1. The van der Waals surface area contributed by atoms with Gasteiger partial charge in [0.05, 0.1) is 23.8 Å². The fourth-order valence-corrected chi connectivity index (χ4v) is 3.27. The third-order valence-electron chi connectivity index (χ3n) is 3.08. The largest absolute Gasteiger partial charge is 0.495 e. The average Bonchev–Trinajstić information content (AvgIpc) is 2.53. The fraction of sp³-hybridized carbons (Fsp3) is 0.133. The molecule has 2 aromatic carbocycles. The van der Waals surface area contributed by atoms with E-state index in [1.807, 2.05) is 0 Å². The number of methoxy groups -OCH3 is 1. The van der Waals surface area contributed by atoms with Crippen molar-refractivity contribution in [3.63, 3.8) is 0 Å². The normalized spacial score (nSPS) is 10.8. The Bertz CT molecular complexity index is 927. The summed E-state index contributed by atoms with van der Waals surface area (Å²) in [4.78, 5) is 21.0. The van der Waals surface area contributed by atoms with Crippen molar-refractivity contribution >= 4 is 33.0 Å². The highest BCUT2D eigenvalue weighted by atomic mass is 32.2. The zero-order chi connectivity index (χ0) is 18.6. The zero-order valence-electron chi connectivity index (χ0n) is 13.3. The van der Waals surface area contributed by atoms with Crippen LogP contribution in [0, 0.1) is 10.1 Å². The summed E-state index contributed by atoms with van der Waals surface area (Å²) in [6.07, 6.45) is 0. The van der Waals surface area contributed by atoms with E-state index in [2.05, 4.69) is 10.0 Å². The first-order chi connectivity index (χ1) is 11.7. The number of sulfonamides is 1. The summed E-state index contributed by atoms with van der Waals surface area (Å²) in [5, 5.41) is 13.3. The standard InChI is InChI=1S/C15H15N3O6S/c1-10(19)16-11-4-3-5-12(8-11)17-25(22,23)15-7-6-13(18(20)21)9-14(15)24-2/h3-9,17H,1-2H3,(H,16,19). The van der Waals surface area contributed by atoms with Crippen LogP contribution in [0.3, 0.4) is 0 Å². The summed E-state index contributed by atoms with van der Waals surface area (Å²) in [5.74, 6) is -0.447. The molecule has 0 unspecified atom stereocenters. The Balaban J connectivity index is 2.36. The van der Waals surface area contributed by atoms with Gasteiger partial charge in [0.2, 0.25) is 5.91 Å². The van der Waals surface area contributed by atoms with Crippen LogP contribution in [0.5, 0.6) is 5.75 Å². The molecule has 10 heteroatoms. The van der Waals surface area contributed by atoms with Crippen LogP contribution < -0.4 is 14.8 Å². The Kier molecular flexibility index (Phi) is 5.22. The lowest BCUT2D eigenvalue weighted by Gasteiger charge is -2.12. The molecule has 25 heavy (non-hydrogen) atoms. The molecule has 2 rings (SSSR count). The van der Waals surface area contributed by atoms with Gasteiger partial charge in [-0.15, -0.1) is 0 Å². The summed E-state index contributed by atoms with van der Waals surface area (Å²) in [6.45, 7) is 1.33. The molecular formula is C15H15N3O6S. The number of nitro groups is 1. The highest BCUT2D eigenvalue weighted by Gasteiger charge is 2.22. The van der Waals surface area contributed by atoms with E-state index in [0.29, 0.717) is 5.69 Å². The monoisotopic (exact) mass is 365 g/mol. The fourth-order valence-electron chi connectivity index (χ4n) is 2.07. The number of non-ortho nitro benzene ring substituents is 1. The second-order valence-electron chi connectivity index (χ2n) is 4.96. The van der Waals surface area contributed by atoms with Gasteiger partial charge in [-0.25, -0.2) is 8.42 Å². The molecule has 0 aliphatic carbocycles. The van der Waals surface area contributed by atoms with Gasteiger partial charge in [-0.2, -0.15) is 0 Å². The lowest BCUT2D eigenvalue weighted by atomic mass is 10.3. The second kappa shape index (κ2) is 7.18. The lowest BCUT2D eigenvalue weighted by molar-refractivity contribution is -0.385. The molecule has 9 nitrogen and oxygen atoms in total. The zero-order valence-corrected chi connectivity index (χ0v) is 14.2. The minimum absolute atomic E-state index is 0.153. The van der Waals surface area contributed by atoms with Crippen molar-refractivity contribution in [2.45, 2.75) is 11.8 Å². The molecule has 0 heterocycles. The Morgan fingerprint density at radius 3 is 2.44 bits per heavy atom. The van der Waals surface area contributed by atoms with E-state index in [1.165, 1.54) is 26.2 Å². The number of benzene rings is 2. The molecule has 0 aliphatic rings. The smallest absolute Gasteiger partial charge is 0.273 e. The number of nitrogens with zero attached hydrogens (tertiary/aromatic N) is 1. The summed E-state index contributed by atoms with van der Waals surface area (Å²) in [5.41, 5.74) is 0.346. The molecule has 2 aromatic rings. The van der Waals surface area contributed by atoms with Crippen LogP contribution in [0.4, 0.5) is 17.1 Å². The van der Waals surface area contributed by atoms with Gasteiger partial charge in [-0.1, -0.05) is 6.07 Å². The van der Waals surface area contributed by atoms with Crippen molar-refractivity contribution in [3.8, 4) is 5.75 Å². The van der Waals surface area contributed by atoms with Crippen LogP contribution in [0.25, 0.3) is 0 Å². The minimum Gasteiger partial charge on any atom is -0.495 e. The molecule has 0 aliphatic heterocycles. The Morgan fingerprint density at radius 2 is 1.84 bits per heavy atom. The number of carbonyl (C=O) groups is 1. The van der Waals surface area contributed by atoms with Crippen molar-refractivity contribution in [3.05, 3.63) is 52.6 Å². The quantitative estimate of drug-likeness (QED) is 0.597. The number of hydrogen-bond acceptors (Lipinski definition) is 6. The maximum Gasteiger partial charge on any atom is 0.273 e. The van der Waals surface area contributed by atoms with E-state index in [1.54, 1.807) is 12.1 Å². The van der Waals surface area contributed by atoms with E-state index in [-0.39, 0.29) is 27.9 Å². The highest BCUT2D eigenvalue weighted by Crippen LogP contribution is 2.30. The van der Waals surface area contributed by atoms with Gasteiger partial charge in [-0.3, -0.25) is 19.6 Å². The van der Waals surface area contributed by atoms with Crippen molar-refractivity contribution < 1.29 is 22.9 Å². The highest BCUT2D eigenvalue weighted by molar-refractivity contribution is 7.92. The lowest BCUT2D eigenvalue weighted by Crippen LogP contribution is -2.14. The summed E-state index contributed by atoms with van der Waals surface area (Å²) in [7, 11) is -2.84. The Morgan fingerprint density at radius 1 is 1.16 bits per heavy atom. The van der Waals surface area contributed by atoms with Crippen molar-refractivity contribution in [2.75, 3.05) is 17.1 Å². The molecule has 0 atom stereocenters. The number of nitrogens with one attached hydrogen (secondary N) is 2. The average molecular weight is 365 g/mol. The topological polar surface area (TPSA) is 128 Å². The van der Waals surface area contributed by atoms with E-state index in [4.69, 9.17) is 4.74 Å². The summed E-state index contributed by atoms with van der Waals surface area (Å²) in [6, 6.07) is 9.31. The molecule has 132 valence electrons. The number of anilines is 2. The first-order valence-corrected chi connectivity index (χ1v) is 8.44. The van der Waals surface area contributed by atoms with Gasteiger partial charge < -0.3 is 10.1 Å². The first-order valence-electron chi connectivity index (χ1n) is 6.96. The van der Waals surface area contributed by atoms with Gasteiger partial charge in [0.1, 0.15) is 10.6 Å². The van der Waals surface area contributed by atoms with E-state index >= 15 is 0 Å². The van der Waals surface area contributed by atoms with Gasteiger partial charge in [-0.05, 0) is 24.3 Å². The van der Waals surface area contributed by atoms with Crippen molar-refractivity contribution in [2.24, 2.45) is 0 Å². The minimum atomic E-state index is -4.05. The van der Waals surface area contributed by atoms with Crippen LogP contribution in [0.2, 0.25) is 0 Å².